The van der Waals surface area contributed by atoms with E-state index in [1.165, 1.54) is 12.8 Å². The van der Waals surface area contributed by atoms with Gasteiger partial charge >= 0.3 is 0 Å². The van der Waals surface area contributed by atoms with Gasteiger partial charge in [-0.15, -0.1) is 0 Å². The summed E-state index contributed by atoms with van der Waals surface area (Å²) in [5.74, 6) is 0. The van der Waals surface area contributed by atoms with E-state index in [-0.39, 0.29) is 0 Å². The van der Waals surface area contributed by atoms with Crippen LogP contribution in [0.4, 0.5) is 0 Å². The van der Waals surface area contributed by atoms with E-state index in [4.69, 9.17) is 5.21 Å². The van der Waals surface area contributed by atoms with Crippen molar-refractivity contribution in [3.8, 4) is 0 Å². The molecule has 0 aromatic heterocycles. The average molecular weight is 63.1 g/mol. The molecule has 26 valence electrons. The second-order valence-electron chi connectivity index (χ2n) is 0.295. The molecule has 0 radical (unpaired) electrons. The van der Waals surface area contributed by atoms with Crippen molar-refractivity contribution in [2.75, 3.05) is 7.11 Å². The van der Waals surface area contributed by atoms with E-state index in [2.05, 4.69) is 4.84 Å². The molecule has 0 aliphatic carbocycles. The van der Waals surface area contributed by atoms with Gasteiger partial charge in [0.2, 0.25) is 0 Å². The summed E-state index contributed by atoms with van der Waals surface area (Å²) in [4.78, 5) is 3.85. The molecule has 3 heteroatoms. The summed E-state index contributed by atoms with van der Waals surface area (Å²) < 4.78 is 0. The number of nitrogens with one attached hydrogen (secondary N) is 1. The van der Waals surface area contributed by atoms with Crippen LogP contribution in [-0.4, -0.2) is 12.3 Å². The summed E-state index contributed by atoms with van der Waals surface area (Å²) in [6.07, 6.45) is 0. The summed E-state index contributed by atoms with van der Waals surface area (Å²) in [7, 11) is 1.32. The summed E-state index contributed by atoms with van der Waals surface area (Å²) in [5, 5.41) is 7.40. The Morgan fingerprint density at radius 2 is 2.25 bits per heavy atom. The lowest BCUT2D eigenvalue weighted by Crippen LogP contribution is -2.01. The monoisotopic (exact) mass is 63.0 g/mol. The predicted molar refractivity (Wildman–Crippen MR) is 11.9 cm³/mol. The fraction of sp³-hybridized carbons (Fsp3) is 1.00. The first-order valence-corrected chi connectivity index (χ1v) is 0.836. The van der Waals surface area contributed by atoms with Crippen LogP contribution >= 0.6 is 0 Å². The molecule has 0 unspecified atom stereocenters. The average Bonchev–Trinajstić information content (AvgIpc) is 1.37. The lowest BCUT2D eigenvalue weighted by molar-refractivity contribution is -0.101. The maximum atomic E-state index is 7.40. The molecule has 4 heavy (non-hydrogen) atoms. The first-order valence-electron chi connectivity index (χ1n) is 0.836. The first-order chi connectivity index (χ1) is 1.91. The van der Waals surface area contributed by atoms with Crippen molar-refractivity contribution in [3.05, 3.63) is 0 Å². The van der Waals surface area contributed by atoms with Gasteiger partial charge in [-0.05, 0) is 0 Å². The van der Waals surface area contributed by atoms with Gasteiger partial charge in [-0.3, -0.25) is 10.0 Å². The SMILES string of the molecule is CONO. The molecule has 0 spiro atoms. The Bertz CT molecular complexity index is 8.00. The highest BCUT2D eigenvalue weighted by Crippen LogP contribution is 1.31. The van der Waals surface area contributed by atoms with Crippen molar-refractivity contribution in [2.24, 2.45) is 0 Å². The van der Waals surface area contributed by atoms with E-state index in [9.17, 15) is 0 Å². The molecule has 0 aliphatic heterocycles. The minimum Gasteiger partial charge on any atom is -0.292 e. The number of rotatable bonds is 1. The highest BCUT2D eigenvalue weighted by atomic mass is 16.8. The molecular formula is CH5NO2. The van der Waals surface area contributed by atoms with Crippen LogP contribution in [0.2, 0.25) is 0 Å². The van der Waals surface area contributed by atoms with Gasteiger partial charge in [-0.25, -0.2) is 0 Å². The highest BCUT2D eigenvalue weighted by molar-refractivity contribution is 3.49. The molecule has 0 aromatic carbocycles. The molecule has 0 amide bonds. The van der Waals surface area contributed by atoms with E-state index in [0.29, 0.717) is 0 Å². The third kappa shape index (κ3) is 1.88. The summed E-state index contributed by atoms with van der Waals surface area (Å²) >= 11 is 0. The van der Waals surface area contributed by atoms with Gasteiger partial charge in [0.25, 0.3) is 0 Å². The summed E-state index contributed by atoms with van der Waals surface area (Å²) in [6, 6.07) is 0. The van der Waals surface area contributed by atoms with Crippen LogP contribution in [0.3, 0.4) is 0 Å². The van der Waals surface area contributed by atoms with E-state index in [0.717, 1.165) is 0 Å². The maximum absolute atomic E-state index is 7.40. The molecule has 0 fully saturated rings. The van der Waals surface area contributed by atoms with Crippen molar-refractivity contribution in [1.29, 1.82) is 0 Å². The lowest BCUT2D eigenvalue weighted by atomic mass is 11.7. The molecule has 0 saturated carbocycles. The number of hydrogen-bond acceptors (Lipinski definition) is 3. The molecular weight excluding hydrogens is 58.0 g/mol. The molecule has 0 saturated heterocycles. The Morgan fingerprint density at radius 1 is 2.00 bits per heavy atom. The molecule has 3 nitrogen and oxygen atoms in total. The molecule has 0 aliphatic rings. The van der Waals surface area contributed by atoms with Crippen molar-refractivity contribution in [3.63, 3.8) is 0 Å². The van der Waals surface area contributed by atoms with Gasteiger partial charge in [-0.1, -0.05) is 5.64 Å². The van der Waals surface area contributed by atoms with Gasteiger partial charge in [0.15, 0.2) is 0 Å². The third-order valence-corrected chi connectivity index (χ3v) is 0.0913. The second kappa shape index (κ2) is 2.88. The quantitative estimate of drug-likeness (QED) is 0.404. The molecule has 0 aromatic rings. The molecule has 2 N–H and O–H groups in total. The Labute approximate surface area is 24.1 Å². The molecule has 0 atom stereocenters. The third-order valence-electron chi connectivity index (χ3n) is 0.0913. The highest BCUT2D eigenvalue weighted by Gasteiger charge is 1.46. The Hall–Kier alpha value is -0.120. The summed E-state index contributed by atoms with van der Waals surface area (Å²) in [6.45, 7) is 0. The van der Waals surface area contributed by atoms with Crippen LogP contribution in [0.1, 0.15) is 0 Å². The minimum atomic E-state index is 1.32. The zero-order valence-corrected chi connectivity index (χ0v) is 2.36. The van der Waals surface area contributed by atoms with E-state index < -0.39 is 0 Å². The Balaban J connectivity index is 1.97. The standard InChI is InChI=1S/CH5NO2/c1-4-2-3/h2-3H,1H3. The van der Waals surface area contributed by atoms with E-state index in [1.54, 1.807) is 0 Å². The minimum absolute atomic E-state index is 1.32. The van der Waals surface area contributed by atoms with Gasteiger partial charge in [0.1, 0.15) is 0 Å². The zero-order chi connectivity index (χ0) is 3.41. The predicted octanol–water partition coefficient (Wildman–Crippen LogP) is -0.473. The van der Waals surface area contributed by atoms with Crippen LogP contribution in [0.25, 0.3) is 0 Å². The first kappa shape index (κ1) is 3.88. The van der Waals surface area contributed by atoms with Gasteiger partial charge < -0.3 is 0 Å². The van der Waals surface area contributed by atoms with Crippen molar-refractivity contribution in [1.82, 2.24) is 5.64 Å². The van der Waals surface area contributed by atoms with Crippen LogP contribution in [0.15, 0.2) is 0 Å². The van der Waals surface area contributed by atoms with E-state index >= 15 is 0 Å². The van der Waals surface area contributed by atoms with Crippen LogP contribution < -0.4 is 5.64 Å². The topological polar surface area (TPSA) is 41.5 Å². The lowest BCUT2D eigenvalue weighted by Gasteiger charge is -1.79. The Kier molecular flexibility index (Phi) is 2.79. The maximum Gasteiger partial charge on any atom is 0.0599 e. The smallest absolute Gasteiger partial charge is 0.0599 e. The molecule has 0 bridgehead atoms. The van der Waals surface area contributed by atoms with Crippen LogP contribution in [0, 0.1) is 0 Å². The second-order valence-corrected chi connectivity index (χ2v) is 0.295. The fourth-order valence-corrected chi connectivity index (χ4v) is 0. The fourth-order valence-electron chi connectivity index (χ4n) is 0. The van der Waals surface area contributed by atoms with Gasteiger partial charge in [0.05, 0.1) is 7.11 Å². The largest absolute Gasteiger partial charge is 0.292 e. The zero-order valence-electron chi connectivity index (χ0n) is 2.36. The van der Waals surface area contributed by atoms with Gasteiger partial charge in [-0.2, -0.15) is 0 Å². The summed E-state index contributed by atoms with van der Waals surface area (Å²) in [5.41, 5.74) is 1.43. The van der Waals surface area contributed by atoms with Gasteiger partial charge in [0, 0.05) is 0 Å². The van der Waals surface area contributed by atoms with Crippen molar-refractivity contribution < 1.29 is 10.0 Å². The number of hydrogen-bond donors (Lipinski definition) is 2. The Morgan fingerprint density at radius 3 is 2.25 bits per heavy atom. The van der Waals surface area contributed by atoms with E-state index in [1.807, 2.05) is 0 Å². The van der Waals surface area contributed by atoms with Crippen molar-refractivity contribution in [2.45, 2.75) is 0 Å². The molecule has 0 rings (SSSR count). The molecule has 0 heterocycles. The van der Waals surface area contributed by atoms with Crippen LogP contribution in [-0.2, 0) is 4.84 Å². The van der Waals surface area contributed by atoms with Crippen LogP contribution in [0.5, 0.6) is 0 Å². The normalized spacial score (nSPS) is 7.50. The van der Waals surface area contributed by atoms with Crippen molar-refractivity contribution >= 4 is 0 Å².